The Balaban J connectivity index is 1.44. The van der Waals surface area contributed by atoms with Gasteiger partial charge in [0.2, 0.25) is 0 Å². The molecular formula is C23H28N6O. The van der Waals surface area contributed by atoms with Crippen molar-refractivity contribution in [3.63, 3.8) is 0 Å². The van der Waals surface area contributed by atoms with E-state index in [1.54, 1.807) is 18.9 Å². The first-order chi connectivity index (χ1) is 14.8. The molecule has 3 atom stereocenters. The monoisotopic (exact) mass is 404 g/mol. The summed E-state index contributed by atoms with van der Waals surface area (Å²) in [5, 5.41) is 16.6. The van der Waals surface area contributed by atoms with Gasteiger partial charge in [0.05, 0.1) is 12.5 Å². The van der Waals surface area contributed by atoms with Crippen LogP contribution < -0.4 is 10.6 Å². The van der Waals surface area contributed by atoms with Crippen LogP contribution in [-0.2, 0) is 6.54 Å². The van der Waals surface area contributed by atoms with Gasteiger partial charge in [0.25, 0.3) is 0 Å². The third kappa shape index (κ3) is 3.66. The van der Waals surface area contributed by atoms with Crippen molar-refractivity contribution in [3.8, 4) is 5.69 Å². The normalized spacial score (nSPS) is 20.6. The van der Waals surface area contributed by atoms with Gasteiger partial charge < -0.3 is 20.0 Å². The van der Waals surface area contributed by atoms with E-state index in [0.717, 1.165) is 38.2 Å². The highest BCUT2D eigenvalue weighted by atomic mass is 16.3. The van der Waals surface area contributed by atoms with Gasteiger partial charge in [0.15, 0.2) is 0 Å². The van der Waals surface area contributed by atoms with Crippen LogP contribution in [0.3, 0.4) is 0 Å². The molecule has 4 heterocycles. The first-order valence-electron chi connectivity index (χ1n) is 10.7. The lowest BCUT2D eigenvalue weighted by molar-refractivity contribution is 0.236. The number of rotatable bonds is 7. The zero-order chi connectivity index (χ0) is 20.3. The van der Waals surface area contributed by atoms with Gasteiger partial charge in [-0.15, -0.1) is 10.2 Å². The highest BCUT2D eigenvalue weighted by Gasteiger charge is 2.32. The minimum atomic E-state index is 0.463. The topological polar surface area (TPSA) is 83.7 Å². The molecule has 0 amide bonds. The Labute approximate surface area is 175 Å². The summed E-state index contributed by atoms with van der Waals surface area (Å²) in [4.78, 5) is 3.49. The smallest absolute Gasteiger partial charge is 0.123 e. The van der Waals surface area contributed by atoms with Gasteiger partial charge in [-0.05, 0) is 61.1 Å². The molecule has 1 aliphatic heterocycles. The maximum Gasteiger partial charge on any atom is 0.123 e. The summed E-state index contributed by atoms with van der Waals surface area (Å²) in [5.74, 6) is 0.984. The maximum atomic E-state index is 5.23. The third-order valence-corrected chi connectivity index (χ3v) is 6.45. The fourth-order valence-corrected chi connectivity index (χ4v) is 4.89. The second-order valence-corrected chi connectivity index (χ2v) is 8.13. The second kappa shape index (κ2) is 8.45. The van der Waals surface area contributed by atoms with Crippen molar-refractivity contribution in [2.75, 3.05) is 13.1 Å². The molecule has 30 heavy (non-hydrogen) atoms. The number of fused-ring (bicyclic) bond motifs is 1. The molecule has 3 aromatic heterocycles. The Bertz CT molecular complexity index is 1070. The van der Waals surface area contributed by atoms with E-state index >= 15 is 0 Å². The Hall–Kier alpha value is -2.90. The molecule has 4 aromatic rings. The van der Waals surface area contributed by atoms with E-state index in [0.29, 0.717) is 17.9 Å². The zero-order valence-corrected chi connectivity index (χ0v) is 17.2. The van der Waals surface area contributed by atoms with Crippen molar-refractivity contribution in [1.82, 2.24) is 30.4 Å². The Morgan fingerprint density at radius 2 is 2.17 bits per heavy atom. The lowest BCUT2D eigenvalue weighted by Crippen LogP contribution is -2.49. The molecule has 0 radical (unpaired) electrons. The number of hydrogen-bond donors (Lipinski definition) is 3. The highest BCUT2D eigenvalue weighted by molar-refractivity contribution is 5.85. The van der Waals surface area contributed by atoms with Gasteiger partial charge in [-0.2, -0.15) is 0 Å². The van der Waals surface area contributed by atoms with Crippen LogP contribution >= 0.6 is 0 Å². The number of benzene rings is 1. The van der Waals surface area contributed by atoms with Crippen LogP contribution in [0.4, 0.5) is 0 Å². The van der Waals surface area contributed by atoms with Crippen LogP contribution in [0, 0.1) is 5.92 Å². The van der Waals surface area contributed by atoms with E-state index in [-0.39, 0.29) is 0 Å². The predicted octanol–water partition coefficient (Wildman–Crippen LogP) is 3.60. The number of piperidine rings is 1. The van der Waals surface area contributed by atoms with E-state index in [4.69, 9.17) is 4.42 Å². The Kier molecular flexibility index (Phi) is 5.38. The quantitative estimate of drug-likeness (QED) is 0.438. The van der Waals surface area contributed by atoms with E-state index in [9.17, 15) is 0 Å². The fourth-order valence-electron chi connectivity index (χ4n) is 4.89. The molecule has 3 unspecified atom stereocenters. The van der Waals surface area contributed by atoms with Gasteiger partial charge in [0, 0.05) is 47.5 Å². The summed E-state index contributed by atoms with van der Waals surface area (Å²) in [6.45, 7) is 5.23. The number of nitrogens with one attached hydrogen (secondary N) is 3. The SMILES string of the molecule is CCC(c1c[nH]c2ccc(-n3cnnc3)cc12)C1CNCCC1NCc1ccoc1. The minimum Gasteiger partial charge on any atom is -0.472 e. The molecule has 0 saturated carbocycles. The van der Waals surface area contributed by atoms with Crippen molar-refractivity contribution in [2.24, 2.45) is 5.92 Å². The number of H-pyrrole nitrogens is 1. The van der Waals surface area contributed by atoms with Crippen molar-refractivity contribution >= 4 is 10.9 Å². The molecule has 7 nitrogen and oxygen atoms in total. The lowest BCUT2D eigenvalue weighted by Gasteiger charge is -2.38. The van der Waals surface area contributed by atoms with E-state index < -0.39 is 0 Å². The maximum absolute atomic E-state index is 5.23. The van der Waals surface area contributed by atoms with Gasteiger partial charge in [-0.25, -0.2) is 0 Å². The van der Waals surface area contributed by atoms with Crippen LogP contribution in [0.1, 0.15) is 36.8 Å². The van der Waals surface area contributed by atoms with Crippen LogP contribution in [-0.4, -0.2) is 38.9 Å². The van der Waals surface area contributed by atoms with Gasteiger partial charge >= 0.3 is 0 Å². The zero-order valence-electron chi connectivity index (χ0n) is 17.2. The average Bonchev–Trinajstić information content (AvgIpc) is 3.55. The van der Waals surface area contributed by atoms with Gasteiger partial charge in [0.1, 0.15) is 12.7 Å². The van der Waals surface area contributed by atoms with Crippen LogP contribution in [0.2, 0.25) is 0 Å². The summed E-state index contributed by atoms with van der Waals surface area (Å²) >= 11 is 0. The average molecular weight is 405 g/mol. The molecule has 0 aliphatic carbocycles. The molecule has 0 spiro atoms. The molecule has 156 valence electrons. The summed E-state index contributed by atoms with van der Waals surface area (Å²) in [7, 11) is 0. The summed E-state index contributed by atoms with van der Waals surface area (Å²) in [6.07, 6.45) is 11.5. The molecule has 7 heteroatoms. The molecule has 1 fully saturated rings. The van der Waals surface area contributed by atoms with Gasteiger partial charge in [-0.1, -0.05) is 6.92 Å². The summed E-state index contributed by atoms with van der Waals surface area (Å²) < 4.78 is 7.18. The molecule has 1 aliphatic rings. The predicted molar refractivity (Wildman–Crippen MR) is 117 cm³/mol. The molecular weight excluding hydrogens is 376 g/mol. The van der Waals surface area contributed by atoms with E-state index in [1.165, 1.54) is 22.0 Å². The van der Waals surface area contributed by atoms with E-state index in [2.05, 4.69) is 57.1 Å². The summed E-state index contributed by atoms with van der Waals surface area (Å²) in [6, 6.07) is 9.00. The first-order valence-corrected chi connectivity index (χ1v) is 10.7. The number of furan rings is 1. The largest absolute Gasteiger partial charge is 0.472 e. The number of aromatic amines is 1. The lowest BCUT2D eigenvalue weighted by atomic mass is 9.77. The van der Waals surface area contributed by atoms with Crippen molar-refractivity contribution < 1.29 is 4.42 Å². The van der Waals surface area contributed by atoms with Crippen molar-refractivity contribution in [2.45, 2.75) is 38.3 Å². The number of hydrogen-bond acceptors (Lipinski definition) is 5. The highest BCUT2D eigenvalue weighted by Crippen LogP contribution is 2.37. The number of aromatic nitrogens is 4. The standard InChI is InChI=1S/C23H28N6O/c1-2-18(21-11-24-7-5-23(21)25-10-16-6-8-30-13-16)20-12-26-22-4-3-17(9-19(20)22)29-14-27-28-15-29/h3-4,6,8-9,12-15,18,21,23-26H,2,5,7,10-11H2,1H3. The molecule has 5 rings (SSSR count). The molecule has 1 aromatic carbocycles. The Morgan fingerprint density at radius 3 is 2.97 bits per heavy atom. The molecule has 1 saturated heterocycles. The van der Waals surface area contributed by atoms with Crippen LogP contribution in [0.5, 0.6) is 0 Å². The molecule has 3 N–H and O–H groups in total. The van der Waals surface area contributed by atoms with Crippen molar-refractivity contribution in [3.05, 3.63) is 66.8 Å². The van der Waals surface area contributed by atoms with Gasteiger partial charge in [-0.3, -0.25) is 4.57 Å². The first kappa shape index (κ1) is 19.1. The fraction of sp³-hybridized carbons (Fsp3) is 0.391. The molecule has 0 bridgehead atoms. The Morgan fingerprint density at radius 1 is 1.27 bits per heavy atom. The van der Waals surface area contributed by atoms with Crippen LogP contribution in [0.25, 0.3) is 16.6 Å². The van der Waals surface area contributed by atoms with Crippen LogP contribution in [0.15, 0.2) is 60.1 Å². The van der Waals surface area contributed by atoms with E-state index in [1.807, 2.05) is 16.9 Å². The third-order valence-electron chi connectivity index (χ3n) is 6.45. The minimum absolute atomic E-state index is 0.463. The number of nitrogens with zero attached hydrogens (tertiary/aromatic N) is 3. The van der Waals surface area contributed by atoms with Crippen molar-refractivity contribution in [1.29, 1.82) is 0 Å². The second-order valence-electron chi connectivity index (χ2n) is 8.13. The summed E-state index contributed by atoms with van der Waals surface area (Å²) in [5.41, 5.74) is 4.85.